The summed E-state index contributed by atoms with van der Waals surface area (Å²) in [6.45, 7) is 12.1. The van der Waals surface area contributed by atoms with Gasteiger partial charge in [0.15, 0.2) is 0 Å². The van der Waals surface area contributed by atoms with Crippen molar-refractivity contribution in [2.75, 3.05) is 0 Å². The fourth-order valence-electron chi connectivity index (χ4n) is 8.06. The van der Waals surface area contributed by atoms with E-state index in [4.69, 9.17) is 4.74 Å². The van der Waals surface area contributed by atoms with Gasteiger partial charge in [-0.05, 0) is 101 Å². The van der Waals surface area contributed by atoms with Crippen molar-refractivity contribution in [1.29, 1.82) is 0 Å². The van der Waals surface area contributed by atoms with Crippen LogP contribution in [-0.4, -0.2) is 23.1 Å². The molecular weight excluding hydrogens is 364 g/mol. The van der Waals surface area contributed by atoms with Gasteiger partial charge < -0.3 is 9.84 Å². The molecule has 4 saturated carbocycles. The van der Waals surface area contributed by atoms with Gasteiger partial charge in [0.1, 0.15) is 11.5 Å². The van der Waals surface area contributed by atoms with Crippen molar-refractivity contribution in [3.8, 4) is 0 Å². The van der Waals surface area contributed by atoms with Crippen molar-refractivity contribution in [3.63, 3.8) is 0 Å². The van der Waals surface area contributed by atoms with Crippen LogP contribution >= 0.6 is 0 Å². The van der Waals surface area contributed by atoms with E-state index in [1.165, 1.54) is 24.8 Å². The summed E-state index contributed by atoms with van der Waals surface area (Å²) >= 11 is 0. The highest BCUT2D eigenvalue weighted by atomic mass is 16.5. The second-order valence-electron chi connectivity index (χ2n) is 10.8. The van der Waals surface area contributed by atoms with Crippen LogP contribution in [0, 0.1) is 34.0 Å². The van der Waals surface area contributed by atoms with Gasteiger partial charge >= 0.3 is 11.9 Å². The third kappa shape index (κ3) is 2.77. The molecule has 4 nitrogen and oxygen atoms in total. The zero-order valence-electron chi connectivity index (χ0n) is 18.4. The first-order chi connectivity index (χ1) is 13.6. The van der Waals surface area contributed by atoms with Gasteiger partial charge in [-0.25, -0.2) is 4.79 Å². The lowest BCUT2D eigenvalue weighted by Crippen LogP contribution is -2.63. The van der Waals surface area contributed by atoms with E-state index in [0.717, 1.165) is 25.7 Å². The van der Waals surface area contributed by atoms with Crippen LogP contribution in [0.5, 0.6) is 0 Å². The summed E-state index contributed by atoms with van der Waals surface area (Å²) in [6.07, 6.45) is 9.51. The standard InChI is InChI=1S/C25H36O4/c1-6-15(2)21(26)29-20-10-11-23(4)18(24(20,5)22(27)28)9-12-25-13-16(3)17(14-25)7-8-19(23)25/h6,17-20H,3,7-14H2,1-2,4-5H3,(H,27,28)/b15-6-/t17-,18-,19-,20-,23+,24-,25+/m1/s1. The van der Waals surface area contributed by atoms with Gasteiger partial charge in [-0.3, -0.25) is 4.79 Å². The van der Waals surface area contributed by atoms with Gasteiger partial charge in [0.2, 0.25) is 0 Å². The van der Waals surface area contributed by atoms with Crippen LogP contribution < -0.4 is 0 Å². The van der Waals surface area contributed by atoms with Crippen molar-refractivity contribution in [1.82, 2.24) is 0 Å². The Labute approximate surface area is 174 Å². The highest BCUT2D eigenvalue weighted by Crippen LogP contribution is 2.72. The lowest BCUT2D eigenvalue weighted by atomic mass is 9.40. The molecule has 0 aromatic heterocycles. The Bertz CT molecular complexity index is 782. The predicted molar refractivity (Wildman–Crippen MR) is 112 cm³/mol. The maximum Gasteiger partial charge on any atom is 0.333 e. The molecule has 1 spiro atoms. The highest BCUT2D eigenvalue weighted by molar-refractivity contribution is 5.88. The number of hydrogen-bond acceptors (Lipinski definition) is 3. The molecule has 0 radical (unpaired) electrons. The van der Waals surface area contributed by atoms with Gasteiger partial charge in [0.05, 0.1) is 0 Å². The molecule has 4 aliphatic carbocycles. The van der Waals surface area contributed by atoms with Crippen LogP contribution in [0.3, 0.4) is 0 Å². The first-order valence-corrected chi connectivity index (χ1v) is 11.3. The number of esters is 1. The van der Waals surface area contributed by atoms with Crippen LogP contribution in [-0.2, 0) is 14.3 Å². The molecule has 0 unspecified atom stereocenters. The molecule has 160 valence electrons. The first kappa shape index (κ1) is 20.7. The first-order valence-electron chi connectivity index (χ1n) is 11.3. The number of allylic oxidation sites excluding steroid dienone is 2. The smallest absolute Gasteiger partial charge is 0.333 e. The topological polar surface area (TPSA) is 63.6 Å². The maximum atomic E-state index is 12.7. The molecule has 0 aliphatic heterocycles. The number of rotatable bonds is 3. The summed E-state index contributed by atoms with van der Waals surface area (Å²) in [5.74, 6) is 0.0690. The minimum absolute atomic E-state index is 0.0144. The van der Waals surface area contributed by atoms with E-state index in [-0.39, 0.29) is 17.3 Å². The van der Waals surface area contributed by atoms with E-state index in [9.17, 15) is 14.7 Å². The number of fused-ring (bicyclic) bond motifs is 3. The van der Waals surface area contributed by atoms with Crippen LogP contribution in [0.1, 0.15) is 79.1 Å². The van der Waals surface area contributed by atoms with Crippen LogP contribution in [0.25, 0.3) is 0 Å². The Balaban J connectivity index is 1.68. The molecule has 4 heteroatoms. The number of carbonyl (C=O) groups is 2. The monoisotopic (exact) mass is 400 g/mol. The van der Waals surface area contributed by atoms with Crippen LogP contribution in [0.4, 0.5) is 0 Å². The second kappa shape index (κ2) is 6.72. The lowest BCUT2D eigenvalue weighted by molar-refractivity contribution is -0.211. The summed E-state index contributed by atoms with van der Waals surface area (Å²) < 4.78 is 5.83. The quantitative estimate of drug-likeness (QED) is 0.384. The molecule has 4 aliphatic rings. The highest BCUT2D eigenvalue weighted by Gasteiger charge is 2.67. The molecule has 0 saturated heterocycles. The number of carbonyl (C=O) groups excluding carboxylic acids is 1. The van der Waals surface area contributed by atoms with E-state index in [1.54, 1.807) is 19.9 Å². The third-order valence-corrected chi connectivity index (χ3v) is 9.68. The summed E-state index contributed by atoms with van der Waals surface area (Å²) in [4.78, 5) is 25.1. The SMILES string of the molecule is C=C1C[C@]23CC[C@@H]4[C@](C)(CC[C@@H](OC(=O)/C(C)=C\C)[C@]4(C)C(=O)O)[C@H]2CC[C@@H]1C3. The summed E-state index contributed by atoms with van der Waals surface area (Å²) in [5, 5.41) is 10.4. The molecule has 29 heavy (non-hydrogen) atoms. The molecule has 7 atom stereocenters. The molecule has 4 rings (SSSR count). The van der Waals surface area contributed by atoms with Crippen molar-refractivity contribution >= 4 is 11.9 Å². The normalized spacial score (nSPS) is 46.6. The Kier molecular flexibility index (Phi) is 4.79. The Morgan fingerprint density at radius 1 is 1.14 bits per heavy atom. The van der Waals surface area contributed by atoms with Crippen LogP contribution in [0.2, 0.25) is 0 Å². The molecule has 0 aromatic rings. The van der Waals surface area contributed by atoms with Crippen molar-refractivity contribution in [2.24, 2.45) is 34.0 Å². The van der Waals surface area contributed by atoms with Crippen molar-refractivity contribution in [3.05, 3.63) is 23.8 Å². The Hall–Kier alpha value is -1.58. The molecule has 0 aromatic carbocycles. The molecular formula is C25H36O4. The number of aliphatic carboxylic acids is 1. The third-order valence-electron chi connectivity index (χ3n) is 9.68. The minimum Gasteiger partial charge on any atom is -0.481 e. The van der Waals surface area contributed by atoms with Crippen LogP contribution in [0.15, 0.2) is 23.8 Å². The van der Waals surface area contributed by atoms with Crippen molar-refractivity contribution < 1.29 is 19.4 Å². The maximum absolute atomic E-state index is 12.7. The molecule has 0 amide bonds. The number of ether oxygens (including phenoxy) is 1. The fourth-order valence-corrected chi connectivity index (χ4v) is 8.06. The average molecular weight is 401 g/mol. The number of carboxylic acid groups (broad SMARTS) is 1. The van der Waals surface area contributed by atoms with E-state index in [2.05, 4.69) is 13.5 Å². The Morgan fingerprint density at radius 2 is 1.86 bits per heavy atom. The number of carboxylic acids is 1. The van der Waals surface area contributed by atoms with E-state index < -0.39 is 17.5 Å². The van der Waals surface area contributed by atoms with E-state index >= 15 is 0 Å². The Morgan fingerprint density at radius 3 is 2.52 bits per heavy atom. The fraction of sp³-hybridized carbons (Fsp3) is 0.760. The molecule has 4 fully saturated rings. The lowest BCUT2D eigenvalue weighted by Gasteiger charge is -2.64. The largest absolute Gasteiger partial charge is 0.481 e. The van der Waals surface area contributed by atoms with Gasteiger partial charge in [0.25, 0.3) is 0 Å². The predicted octanol–water partition coefficient (Wildman–Crippen LogP) is 5.53. The molecule has 2 bridgehead atoms. The summed E-state index contributed by atoms with van der Waals surface area (Å²) in [5.41, 5.74) is 1.25. The van der Waals surface area contributed by atoms with E-state index in [0.29, 0.717) is 29.2 Å². The minimum atomic E-state index is -1.04. The zero-order chi connectivity index (χ0) is 21.2. The zero-order valence-corrected chi connectivity index (χ0v) is 18.4. The van der Waals surface area contributed by atoms with Gasteiger partial charge in [0, 0.05) is 5.57 Å². The second-order valence-corrected chi connectivity index (χ2v) is 10.8. The number of hydrogen-bond donors (Lipinski definition) is 1. The van der Waals surface area contributed by atoms with Crippen molar-refractivity contribution in [2.45, 2.75) is 85.2 Å². The summed E-state index contributed by atoms with van der Waals surface area (Å²) in [6, 6.07) is 0. The van der Waals surface area contributed by atoms with E-state index in [1.807, 2.05) is 6.92 Å². The van der Waals surface area contributed by atoms with Gasteiger partial charge in [-0.1, -0.05) is 25.2 Å². The molecule has 0 heterocycles. The summed E-state index contributed by atoms with van der Waals surface area (Å²) in [7, 11) is 0. The molecule has 1 N–H and O–H groups in total. The average Bonchev–Trinajstić information content (AvgIpc) is 2.91. The van der Waals surface area contributed by atoms with Gasteiger partial charge in [-0.15, -0.1) is 0 Å². The van der Waals surface area contributed by atoms with Gasteiger partial charge in [-0.2, -0.15) is 0 Å².